The van der Waals surface area contributed by atoms with E-state index in [0.29, 0.717) is 18.3 Å². The van der Waals surface area contributed by atoms with Crippen molar-refractivity contribution in [3.05, 3.63) is 35.1 Å². The molecule has 2 rings (SSSR count). The molecule has 2 N–H and O–H groups in total. The zero-order valence-electron chi connectivity index (χ0n) is 12.1. The Hall–Kier alpha value is -2.08. The van der Waals surface area contributed by atoms with Crippen molar-refractivity contribution in [3.63, 3.8) is 0 Å². The minimum Gasteiger partial charge on any atom is -0.476 e. The van der Waals surface area contributed by atoms with Gasteiger partial charge in [0.2, 0.25) is 5.88 Å². The summed E-state index contributed by atoms with van der Waals surface area (Å²) in [6, 6.07) is 4.88. The van der Waals surface area contributed by atoms with Crippen molar-refractivity contribution in [1.82, 2.24) is 14.8 Å². The highest BCUT2D eigenvalue weighted by molar-refractivity contribution is 6.32. The average Bonchev–Trinajstić information content (AvgIpc) is 2.83. The number of amides is 1. The summed E-state index contributed by atoms with van der Waals surface area (Å²) < 4.78 is 7.12. The number of ether oxygens (including phenoxy) is 1. The molecule has 0 bridgehead atoms. The van der Waals surface area contributed by atoms with Crippen LogP contribution in [-0.4, -0.2) is 27.3 Å². The quantitative estimate of drug-likeness (QED) is 0.879. The average molecular weight is 309 g/mol. The smallest absolute Gasteiger partial charge is 0.251 e. The lowest BCUT2D eigenvalue weighted by atomic mass is 9.99. The molecule has 2 heterocycles. The third kappa shape index (κ3) is 3.95. The van der Waals surface area contributed by atoms with Crippen LogP contribution in [0.3, 0.4) is 0 Å². The van der Waals surface area contributed by atoms with Gasteiger partial charge in [-0.15, -0.1) is 5.10 Å². The second-order valence-electron chi connectivity index (χ2n) is 5.82. The predicted octanol–water partition coefficient (Wildman–Crippen LogP) is 2.44. The number of aromatic nitrogens is 3. The lowest BCUT2D eigenvalue weighted by Crippen LogP contribution is -2.17. The summed E-state index contributed by atoms with van der Waals surface area (Å²) in [5.74, 6) is 0.367. The van der Waals surface area contributed by atoms with Crippen LogP contribution in [0.4, 0.5) is 0 Å². The summed E-state index contributed by atoms with van der Waals surface area (Å²) >= 11 is 5.92. The molecule has 0 fully saturated rings. The zero-order chi connectivity index (χ0) is 15.6. The number of rotatable bonds is 4. The number of carbonyl (C=O) groups excluding carboxylic acids is 1. The van der Waals surface area contributed by atoms with Gasteiger partial charge in [-0.3, -0.25) is 4.79 Å². The largest absolute Gasteiger partial charge is 0.476 e. The Morgan fingerprint density at radius 1 is 1.38 bits per heavy atom. The van der Waals surface area contributed by atoms with E-state index in [2.05, 4.69) is 30.9 Å². The van der Waals surface area contributed by atoms with Crippen molar-refractivity contribution >= 4 is 17.5 Å². The summed E-state index contributed by atoms with van der Waals surface area (Å²) in [5, 5.41) is 4.31. The molecule has 0 aliphatic heterocycles. The molecule has 6 nitrogen and oxygen atoms in total. The molecule has 21 heavy (non-hydrogen) atoms. The number of primary amides is 1. The Bertz CT molecular complexity index is 661. The van der Waals surface area contributed by atoms with Crippen LogP contribution in [0.15, 0.2) is 24.4 Å². The number of nitrogens with zero attached hydrogens (tertiary/aromatic N) is 3. The molecular weight excluding hydrogens is 292 g/mol. The van der Waals surface area contributed by atoms with Gasteiger partial charge >= 0.3 is 0 Å². The van der Waals surface area contributed by atoms with Crippen LogP contribution in [-0.2, 0) is 0 Å². The highest BCUT2D eigenvalue weighted by Crippen LogP contribution is 2.19. The van der Waals surface area contributed by atoms with E-state index in [1.54, 1.807) is 18.3 Å². The van der Waals surface area contributed by atoms with Crippen LogP contribution < -0.4 is 10.5 Å². The van der Waals surface area contributed by atoms with Gasteiger partial charge in [0.25, 0.3) is 5.91 Å². The number of nitrogens with two attached hydrogens (primary N) is 1. The summed E-state index contributed by atoms with van der Waals surface area (Å²) in [6.45, 7) is 6.79. The Balaban J connectivity index is 2.18. The molecule has 2 aromatic rings. The molecular formula is C14H17ClN4O2. The molecule has 0 unspecified atom stereocenters. The van der Waals surface area contributed by atoms with Crippen LogP contribution in [0.25, 0.3) is 5.82 Å². The predicted molar refractivity (Wildman–Crippen MR) is 79.8 cm³/mol. The molecule has 0 radical (unpaired) electrons. The number of hydrogen-bond acceptors (Lipinski definition) is 4. The van der Waals surface area contributed by atoms with Gasteiger partial charge in [0, 0.05) is 12.3 Å². The molecule has 0 saturated heterocycles. The van der Waals surface area contributed by atoms with E-state index in [4.69, 9.17) is 22.1 Å². The van der Waals surface area contributed by atoms with Crippen LogP contribution in [0.1, 0.15) is 31.1 Å². The lowest BCUT2D eigenvalue weighted by molar-refractivity contribution is 0.1000. The maximum Gasteiger partial charge on any atom is 0.251 e. The first-order chi connectivity index (χ1) is 9.76. The van der Waals surface area contributed by atoms with Crippen LogP contribution in [0, 0.1) is 5.41 Å². The minimum atomic E-state index is -0.617. The molecule has 112 valence electrons. The summed E-state index contributed by atoms with van der Waals surface area (Å²) in [7, 11) is 0. The monoisotopic (exact) mass is 308 g/mol. The van der Waals surface area contributed by atoms with Gasteiger partial charge < -0.3 is 10.5 Å². The minimum absolute atomic E-state index is 0.0488. The number of carbonyl (C=O) groups is 1. The normalized spacial score (nSPS) is 11.4. The molecule has 0 spiro atoms. The molecule has 0 saturated carbocycles. The first-order valence-electron chi connectivity index (χ1n) is 6.41. The molecule has 1 amide bonds. The standard InChI is InChI=1S/C14H17ClN4O2/c1-14(2,3)8-21-11-6-7-19(18-11)10-5-4-9(13(16)20)12(15)17-10/h4-7H,8H2,1-3H3,(H2,16,20). The zero-order valence-corrected chi connectivity index (χ0v) is 12.9. The molecule has 0 aliphatic carbocycles. The van der Waals surface area contributed by atoms with Crippen molar-refractivity contribution in [2.24, 2.45) is 11.1 Å². The van der Waals surface area contributed by atoms with Gasteiger partial charge in [-0.2, -0.15) is 0 Å². The lowest BCUT2D eigenvalue weighted by Gasteiger charge is -2.17. The topological polar surface area (TPSA) is 83.0 Å². The van der Waals surface area contributed by atoms with Crippen molar-refractivity contribution in [3.8, 4) is 11.7 Å². The maximum atomic E-state index is 11.1. The van der Waals surface area contributed by atoms with Crippen molar-refractivity contribution < 1.29 is 9.53 Å². The first-order valence-corrected chi connectivity index (χ1v) is 6.79. The van der Waals surface area contributed by atoms with Gasteiger partial charge in [-0.05, 0) is 17.5 Å². The molecule has 0 aromatic carbocycles. The van der Waals surface area contributed by atoms with Gasteiger partial charge in [-0.1, -0.05) is 32.4 Å². The second-order valence-corrected chi connectivity index (χ2v) is 6.18. The van der Waals surface area contributed by atoms with Gasteiger partial charge in [-0.25, -0.2) is 9.67 Å². The summed E-state index contributed by atoms with van der Waals surface area (Å²) in [4.78, 5) is 15.2. The Kier molecular flexibility index (Phi) is 4.18. The van der Waals surface area contributed by atoms with Gasteiger partial charge in [0.15, 0.2) is 5.82 Å². The van der Waals surface area contributed by atoms with Crippen molar-refractivity contribution in [2.45, 2.75) is 20.8 Å². The highest BCUT2D eigenvalue weighted by atomic mass is 35.5. The summed E-state index contributed by atoms with van der Waals surface area (Å²) in [6.07, 6.45) is 1.71. The number of halogens is 1. The fourth-order valence-corrected chi connectivity index (χ4v) is 1.78. The number of hydrogen-bond donors (Lipinski definition) is 1. The van der Waals surface area contributed by atoms with Crippen LogP contribution in [0.2, 0.25) is 5.15 Å². The fourth-order valence-electron chi connectivity index (χ4n) is 1.54. The Morgan fingerprint density at radius 2 is 2.10 bits per heavy atom. The van der Waals surface area contributed by atoms with Crippen LogP contribution in [0.5, 0.6) is 5.88 Å². The van der Waals surface area contributed by atoms with E-state index in [1.165, 1.54) is 10.7 Å². The van der Waals surface area contributed by atoms with Crippen LogP contribution >= 0.6 is 11.6 Å². The first kappa shape index (κ1) is 15.3. The fraction of sp³-hybridized carbons (Fsp3) is 0.357. The van der Waals surface area contributed by atoms with E-state index >= 15 is 0 Å². The maximum absolute atomic E-state index is 11.1. The van der Waals surface area contributed by atoms with Crippen molar-refractivity contribution in [2.75, 3.05) is 6.61 Å². The third-order valence-corrected chi connectivity index (χ3v) is 2.84. The third-order valence-electron chi connectivity index (χ3n) is 2.55. The second kappa shape index (κ2) is 5.73. The van der Waals surface area contributed by atoms with E-state index < -0.39 is 5.91 Å². The Morgan fingerprint density at radius 3 is 2.67 bits per heavy atom. The van der Waals surface area contributed by atoms with Gasteiger partial charge in [0.1, 0.15) is 5.15 Å². The molecule has 0 aliphatic rings. The van der Waals surface area contributed by atoms with E-state index in [1.807, 2.05) is 0 Å². The molecule has 0 atom stereocenters. The number of pyridine rings is 1. The van der Waals surface area contributed by atoms with E-state index in [9.17, 15) is 4.79 Å². The van der Waals surface area contributed by atoms with E-state index in [0.717, 1.165) is 0 Å². The molecule has 7 heteroatoms. The Labute approximate surface area is 127 Å². The highest BCUT2D eigenvalue weighted by Gasteiger charge is 2.13. The summed E-state index contributed by atoms with van der Waals surface area (Å²) in [5.41, 5.74) is 5.41. The van der Waals surface area contributed by atoms with E-state index in [-0.39, 0.29) is 16.1 Å². The van der Waals surface area contributed by atoms with Gasteiger partial charge in [0.05, 0.1) is 12.2 Å². The SMILES string of the molecule is CC(C)(C)COc1ccn(-c2ccc(C(N)=O)c(Cl)n2)n1. The van der Waals surface area contributed by atoms with Crippen molar-refractivity contribution in [1.29, 1.82) is 0 Å². The molecule has 2 aromatic heterocycles.